The summed E-state index contributed by atoms with van der Waals surface area (Å²) < 4.78 is 36.8. The van der Waals surface area contributed by atoms with E-state index in [9.17, 15) is 8.42 Å². The molecule has 0 saturated carbocycles. The fraction of sp³-hybridized carbons (Fsp3) is 0.333. The second-order valence-electron chi connectivity index (χ2n) is 4.92. The van der Waals surface area contributed by atoms with Crippen molar-refractivity contribution in [2.45, 2.75) is 13.8 Å². The minimum Gasteiger partial charge on any atom is -0.497 e. The van der Waals surface area contributed by atoms with Crippen LogP contribution in [-0.2, 0) is 10.0 Å². The second kappa shape index (κ2) is 7.28. The molecule has 1 aromatic carbocycles. The molecule has 124 valence electrons. The molecule has 23 heavy (non-hydrogen) atoms. The number of ether oxygens (including phenoxy) is 2. The van der Waals surface area contributed by atoms with Crippen molar-refractivity contribution < 1.29 is 17.9 Å². The van der Waals surface area contributed by atoms with E-state index < -0.39 is 10.0 Å². The minimum atomic E-state index is -3.58. The standard InChI is InChI=1S/C15H19N3O4S/c1-11-10-12(2)17-15(16-11)18-23(19,20)9-8-22-14-6-4-13(21-3)5-7-14/h4-7,10H,8-9H2,1-3H3,(H,16,17,18). The quantitative estimate of drug-likeness (QED) is 0.830. The number of benzene rings is 1. The largest absolute Gasteiger partial charge is 0.497 e. The number of rotatable bonds is 7. The first-order chi connectivity index (χ1) is 10.9. The van der Waals surface area contributed by atoms with E-state index in [1.54, 1.807) is 51.3 Å². The maximum atomic E-state index is 12.0. The van der Waals surface area contributed by atoms with E-state index >= 15 is 0 Å². The Morgan fingerprint density at radius 3 is 2.17 bits per heavy atom. The first-order valence-corrected chi connectivity index (χ1v) is 8.63. The summed E-state index contributed by atoms with van der Waals surface area (Å²) in [6.07, 6.45) is 0. The van der Waals surface area contributed by atoms with Crippen LogP contribution in [0.5, 0.6) is 11.5 Å². The zero-order valence-corrected chi connectivity index (χ0v) is 14.1. The van der Waals surface area contributed by atoms with Gasteiger partial charge in [0.05, 0.1) is 7.11 Å². The van der Waals surface area contributed by atoms with E-state index in [0.29, 0.717) is 22.9 Å². The number of hydrogen-bond donors (Lipinski definition) is 1. The SMILES string of the molecule is COc1ccc(OCCS(=O)(=O)Nc2nc(C)cc(C)n2)cc1. The number of sulfonamides is 1. The summed E-state index contributed by atoms with van der Waals surface area (Å²) in [6.45, 7) is 3.57. The number of anilines is 1. The molecule has 7 nitrogen and oxygen atoms in total. The monoisotopic (exact) mass is 337 g/mol. The fourth-order valence-electron chi connectivity index (χ4n) is 1.90. The van der Waals surface area contributed by atoms with Crippen LogP contribution in [0.3, 0.4) is 0 Å². The maximum Gasteiger partial charge on any atom is 0.238 e. The van der Waals surface area contributed by atoms with E-state index in [2.05, 4.69) is 14.7 Å². The van der Waals surface area contributed by atoms with Crippen molar-refractivity contribution in [3.05, 3.63) is 41.7 Å². The highest BCUT2D eigenvalue weighted by Gasteiger charge is 2.13. The molecule has 0 unspecified atom stereocenters. The molecule has 0 radical (unpaired) electrons. The minimum absolute atomic E-state index is 0.0203. The molecule has 1 N–H and O–H groups in total. The van der Waals surface area contributed by atoms with Crippen LogP contribution in [0.25, 0.3) is 0 Å². The summed E-state index contributed by atoms with van der Waals surface area (Å²) in [4.78, 5) is 8.10. The van der Waals surface area contributed by atoms with Crippen LogP contribution < -0.4 is 14.2 Å². The van der Waals surface area contributed by atoms with Crippen LogP contribution in [-0.4, -0.2) is 37.9 Å². The molecule has 0 aliphatic carbocycles. The highest BCUT2D eigenvalue weighted by molar-refractivity contribution is 7.92. The number of nitrogens with zero attached hydrogens (tertiary/aromatic N) is 2. The third kappa shape index (κ3) is 5.41. The lowest BCUT2D eigenvalue weighted by atomic mass is 10.3. The summed E-state index contributed by atoms with van der Waals surface area (Å²) in [7, 11) is -2.00. The molecule has 0 aliphatic rings. The van der Waals surface area contributed by atoms with Crippen LogP contribution in [0.4, 0.5) is 5.95 Å². The number of hydrogen-bond acceptors (Lipinski definition) is 6. The van der Waals surface area contributed by atoms with E-state index in [4.69, 9.17) is 9.47 Å². The Hall–Kier alpha value is -2.35. The van der Waals surface area contributed by atoms with Gasteiger partial charge >= 0.3 is 0 Å². The molecule has 2 rings (SSSR count). The average molecular weight is 337 g/mol. The lowest BCUT2D eigenvalue weighted by Crippen LogP contribution is -2.22. The zero-order chi connectivity index (χ0) is 16.9. The molecule has 0 spiro atoms. The van der Waals surface area contributed by atoms with Crippen LogP contribution in [0.15, 0.2) is 30.3 Å². The highest BCUT2D eigenvalue weighted by atomic mass is 32.2. The smallest absolute Gasteiger partial charge is 0.238 e. The first kappa shape index (κ1) is 17.0. The number of aromatic nitrogens is 2. The van der Waals surface area contributed by atoms with Crippen LogP contribution >= 0.6 is 0 Å². The van der Waals surface area contributed by atoms with Crippen LogP contribution in [0.2, 0.25) is 0 Å². The highest BCUT2D eigenvalue weighted by Crippen LogP contribution is 2.17. The molecular formula is C15H19N3O4S. The lowest BCUT2D eigenvalue weighted by Gasteiger charge is -2.09. The Morgan fingerprint density at radius 2 is 1.61 bits per heavy atom. The average Bonchev–Trinajstić information content (AvgIpc) is 2.46. The summed E-state index contributed by atoms with van der Waals surface area (Å²) in [5.41, 5.74) is 1.40. The number of methoxy groups -OCH3 is 1. The summed E-state index contributed by atoms with van der Waals surface area (Å²) >= 11 is 0. The molecule has 0 amide bonds. The van der Waals surface area contributed by atoms with Gasteiger partial charge in [-0.3, -0.25) is 4.72 Å². The van der Waals surface area contributed by atoms with Gasteiger partial charge in [0.1, 0.15) is 23.9 Å². The molecule has 1 heterocycles. The van der Waals surface area contributed by atoms with Crippen molar-refractivity contribution in [2.75, 3.05) is 24.2 Å². The first-order valence-electron chi connectivity index (χ1n) is 6.97. The summed E-state index contributed by atoms with van der Waals surface area (Å²) in [5, 5.41) is 0. The second-order valence-corrected chi connectivity index (χ2v) is 6.76. The molecule has 2 aromatic rings. The number of nitrogens with one attached hydrogen (secondary N) is 1. The number of aryl methyl sites for hydroxylation is 2. The van der Waals surface area contributed by atoms with E-state index in [1.165, 1.54) is 0 Å². The fourth-order valence-corrected chi connectivity index (χ4v) is 2.68. The van der Waals surface area contributed by atoms with Crippen LogP contribution in [0.1, 0.15) is 11.4 Å². The van der Waals surface area contributed by atoms with Crippen molar-refractivity contribution in [1.29, 1.82) is 0 Å². The molecular weight excluding hydrogens is 318 g/mol. The molecule has 0 aliphatic heterocycles. The lowest BCUT2D eigenvalue weighted by molar-refractivity contribution is 0.340. The zero-order valence-electron chi connectivity index (χ0n) is 13.2. The predicted molar refractivity (Wildman–Crippen MR) is 87.4 cm³/mol. The molecule has 1 aromatic heterocycles. The topological polar surface area (TPSA) is 90.4 Å². The Labute approximate surface area is 135 Å². The van der Waals surface area contributed by atoms with E-state index in [0.717, 1.165) is 0 Å². The van der Waals surface area contributed by atoms with Gasteiger partial charge < -0.3 is 9.47 Å². The van der Waals surface area contributed by atoms with Gasteiger partial charge in [-0.2, -0.15) is 0 Å². The molecule has 0 fully saturated rings. The normalized spacial score (nSPS) is 11.1. The van der Waals surface area contributed by atoms with Gasteiger partial charge in [0, 0.05) is 11.4 Å². The summed E-state index contributed by atoms with van der Waals surface area (Å²) in [6, 6.07) is 8.68. The maximum absolute atomic E-state index is 12.0. The Kier molecular flexibility index (Phi) is 5.38. The Balaban J connectivity index is 1.90. The predicted octanol–water partition coefficient (Wildman–Crippen LogP) is 1.92. The molecule has 8 heteroatoms. The van der Waals surface area contributed by atoms with Crippen molar-refractivity contribution in [1.82, 2.24) is 9.97 Å². The van der Waals surface area contributed by atoms with Gasteiger partial charge in [-0.25, -0.2) is 18.4 Å². The van der Waals surface area contributed by atoms with Crippen molar-refractivity contribution >= 4 is 16.0 Å². The van der Waals surface area contributed by atoms with Gasteiger partial charge in [0.2, 0.25) is 16.0 Å². The third-order valence-electron chi connectivity index (χ3n) is 2.91. The molecule has 0 saturated heterocycles. The van der Waals surface area contributed by atoms with Crippen LogP contribution in [0, 0.1) is 13.8 Å². The van der Waals surface area contributed by atoms with Crippen molar-refractivity contribution in [3.8, 4) is 11.5 Å². The molecule has 0 atom stereocenters. The molecule has 0 bridgehead atoms. The van der Waals surface area contributed by atoms with E-state index in [-0.39, 0.29) is 18.3 Å². The van der Waals surface area contributed by atoms with Gasteiger partial charge in [0.15, 0.2) is 0 Å². The van der Waals surface area contributed by atoms with Crippen molar-refractivity contribution in [3.63, 3.8) is 0 Å². The van der Waals surface area contributed by atoms with Gasteiger partial charge in [-0.1, -0.05) is 0 Å². The Bertz CT molecular complexity index is 741. The van der Waals surface area contributed by atoms with Crippen molar-refractivity contribution in [2.24, 2.45) is 0 Å². The van der Waals surface area contributed by atoms with Gasteiger partial charge in [-0.05, 0) is 44.2 Å². The van der Waals surface area contributed by atoms with Gasteiger partial charge in [-0.15, -0.1) is 0 Å². The third-order valence-corrected chi connectivity index (χ3v) is 4.11. The summed E-state index contributed by atoms with van der Waals surface area (Å²) in [5.74, 6) is 1.16. The van der Waals surface area contributed by atoms with Gasteiger partial charge in [0.25, 0.3) is 0 Å². The Morgan fingerprint density at radius 1 is 1.04 bits per heavy atom. The van der Waals surface area contributed by atoms with E-state index in [1.807, 2.05) is 0 Å².